The zero-order valence-corrected chi connectivity index (χ0v) is 8.43. The first-order valence-corrected chi connectivity index (χ1v) is 4.85. The minimum Gasteiger partial charge on any atom is -0.0857 e. The summed E-state index contributed by atoms with van der Waals surface area (Å²) < 4.78 is 0. The Hall–Kier alpha value is -0.260. The minimum absolute atomic E-state index is 0.707. The molecule has 0 aromatic rings. The standard InChI is InChI=1S/C11H22/c1-5-6-7-11(4)9-8-10(2)3/h8-11H,5-7H2,1-4H3. The smallest absolute Gasteiger partial charge is 0.0262 e. The molecule has 0 saturated heterocycles. The van der Waals surface area contributed by atoms with Gasteiger partial charge in [0.15, 0.2) is 0 Å². The molecule has 1 unspecified atom stereocenters. The van der Waals surface area contributed by atoms with Gasteiger partial charge in [0.2, 0.25) is 0 Å². The Morgan fingerprint density at radius 3 is 2.18 bits per heavy atom. The van der Waals surface area contributed by atoms with Gasteiger partial charge in [0.1, 0.15) is 0 Å². The van der Waals surface area contributed by atoms with Crippen LogP contribution < -0.4 is 0 Å². The molecule has 0 rings (SSSR count). The van der Waals surface area contributed by atoms with E-state index in [0.717, 1.165) is 5.92 Å². The summed E-state index contributed by atoms with van der Waals surface area (Å²) >= 11 is 0. The van der Waals surface area contributed by atoms with Gasteiger partial charge in [-0.15, -0.1) is 0 Å². The molecule has 0 aliphatic heterocycles. The maximum absolute atomic E-state index is 2.35. The van der Waals surface area contributed by atoms with Crippen molar-refractivity contribution in [3.8, 4) is 0 Å². The highest BCUT2D eigenvalue weighted by Gasteiger charge is 1.95. The summed E-state index contributed by atoms with van der Waals surface area (Å²) in [5, 5.41) is 0. The van der Waals surface area contributed by atoms with E-state index in [1.54, 1.807) is 0 Å². The minimum atomic E-state index is 0.707. The van der Waals surface area contributed by atoms with E-state index in [4.69, 9.17) is 0 Å². The second-order valence-electron chi connectivity index (χ2n) is 3.75. The Kier molecular flexibility index (Phi) is 6.30. The van der Waals surface area contributed by atoms with E-state index in [9.17, 15) is 0 Å². The Morgan fingerprint density at radius 1 is 1.09 bits per heavy atom. The van der Waals surface area contributed by atoms with Crippen molar-refractivity contribution < 1.29 is 0 Å². The van der Waals surface area contributed by atoms with Gasteiger partial charge < -0.3 is 0 Å². The monoisotopic (exact) mass is 154 g/mol. The maximum Gasteiger partial charge on any atom is -0.0262 e. The van der Waals surface area contributed by atoms with E-state index in [1.165, 1.54) is 19.3 Å². The maximum atomic E-state index is 2.35. The molecule has 66 valence electrons. The van der Waals surface area contributed by atoms with Crippen LogP contribution in [0.5, 0.6) is 0 Å². The van der Waals surface area contributed by atoms with E-state index in [-0.39, 0.29) is 0 Å². The Labute approximate surface area is 71.7 Å². The van der Waals surface area contributed by atoms with E-state index >= 15 is 0 Å². The molecule has 0 nitrogen and oxygen atoms in total. The zero-order chi connectivity index (χ0) is 8.69. The number of allylic oxidation sites excluding steroid dienone is 2. The molecule has 0 fully saturated rings. The van der Waals surface area contributed by atoms with Crippen LogP contribution in [0.15, 0.2) is 12.2 Å². The van der Waals surface area contributed by atoms with Gasteiger partial charge in [0.25, 0.3) is 0 Å². The number of unbranched alkanes of at least 4 members (excludes halogenated alkanes) is 1. The van der Waals surface area contributed by atoms with Crippen molar-refractivity contribution in [1.82, 2.24) is 0 Å². The van der Waals surface area contributed by atoms with Crippen molar-refractivity contribution in [2.24, 2.45) is 11.8 Å². The van der Waals surface area contributed by atoms with Gasteiger partial charge in [-0.25, -0.2) is 0 Å². The van der Waals surface area contributed by atoms with Gasteiger partial charge in [0, 0.05) is 0 Å². The highest BCUT2D eigenvalue weighted by Crippen LogP contribution is 2.10. The average Bonchev–Trinajstić information content (AvgIpc) is 1.97. The molecule has 0 saturated carbocycles. The van der Waals surface area contributed by atoms with Gasteiger partial charge in [-0.3, -0.25) is 0 Å². The van der Waals surface area contributed by atoms with Crippen LogP contribution in [0.25, 0.3) is 0 Å². The Morgan fingerprint density at radius 2 is 1.73 bits per heavy atom. The van der Waals surface area contributed by atoms with Gasteiger partial charge in [-0.2, -0.15) is 0 Å². The predicted molar refractivity (Wildman–Crippen MR) is 52.7 cm³/mol. The summed E-state index contributed by atoms with van der Waals surface area (Å²) in [5.41, 5.74) is 0. The van der Waals surface area contributed by atoms with Crippen LogP contribution in [0.4, 0.5) is 0 Å². The highest BCUT2D eigenvalue weighted by atomic mass is 14.0. The van der Waals surface area contributed by atoms with Crippen LogP contribution in [-0.4, -0.2) is 0 Å². The van der Waals surface area contributed by atoms with Crippen LogP contribution in [0.1, 0.15) is 47.0 Å². The van der Waals surface area contributed by atoms with Crippen LogP contribution >= 0.6 is 0 Å². The van der Waals surface area contributed by atoms with Crippen LogP contribution in [-0.2, 0) is 0 Å². The lowest BCUT2D eigenvalue weighted by molar-refractivity contribution is 0.594. The van der Waals surface area contributed by atoms with Gasteiger partial charge >= 0.3 is 0 Å². The van der Waals surface area contributed by atoms with Crippen LogP contribution in [0, 0.1) is 11.8 Å². The summed E-state index contributed by atoms with van der Waals surface area (Å²) in [6.45, 7) is 9.00. The molecule has 0 radical (unpaired) electrons. The van der Waals surface area contributed by atoms with Crippen molar-refractivity contribution >= 4 is 0 Å². The molecule has 0 spiro atoms. The van der Waals surface area contributed by atoms with E-state index < -0.39 is 0 Å². The van der Waals surface area contributed by atoms with Crippen molar-refractivity contribution in [2.75, 3.05) is 0 Å². The molecule has 0 aromatic carbocycles. The summed E-state index contributed by atoms with van der Waals surface area (Å²) in [5.74, 6) is 1.48. The third-order valence-electron chi connectivity index (χ3n) is 1.84. The highest BCUT2D eigenvalue weighted by molar-refractivity contribution is 4.88. The third-order valence-corrected chi connectivity index (χ3v) is 1.84. The van der Waals surface area contributed by atoms with E-state index in [1.807, 2.05) is 0 Å². The van der Waals surface area contributed by atoms with Crippen molar-refractivity contribution in [3.05, 3.63) is 12.2 Å². The molecule has 0 aliphatic carbocycles. The van der Waals surface area contributed by atoms with Crippen LogP contribution in [0.2, 0.25) is 0 Å². The zero-order valence-electron chi connectivity index (χ0n) is 8.43. The lowest BCUT2D eigenvalue weighted by Gasteiger charge is -2.04. The molecular formula is C11H22. The van der Waals surface area contributed by atoms with Gasteiger partial charge in [0.05, 0.1) is 0 Å². The number of hydrogen-bond acceptors (Lipinski definition) is 0. The summed E-state index contributed by atoms with van der Waals surface area (Å²) in [6.07, 6.45) is 8.68. The second kappa shape index (κ2) is 6.45. The molecule has 0 bridgehead atoms. The first-order chi connectivity index (χ1) is 5.16. The molecular weight excluding hydrogens is 132 g/mol. The SMILES string of the molecule is CCCCC(C)C=CC(C)C. The van der Waals surface area contributed by atoms with Gasteiger partial charge in [-0.1, -0.05) is 52.7 Å². The third kappa shape index (κ3) is 7.64. The molecule has 0 heteroatoms. The number of rotatable bonds is 5. The van der Waals surface area contributed by atoms with Gasteiger partial charge in [-0.05, 0) is 18.3 Å². The molecule has 0 aliphatic rings. The van der Waals surface area contributed by atoms with Crippen LogP contribution in [0.3, 0.4) is 0 Å². The average molecular weight is 154 g/mol. The Bertz CT molecular complexity index is 101. The lowest BCUT2D eigenvalue weighted by Crippen LogP contribution is -1.90. The lowest BCUT2D eigenvalue weighted by atomic mass is 10.0. The van der Waals surface area contributed by atoms with Crippen molar-refractivity contribution in [1.29, 1.82) is 0 Å². The molecule has 0 heterocycles. The summed E-state index contributed by atoms with van der Waals surface area (Å²) in [7, 11) is 0. The fraction of sp³-hybridized carbons (Fsp3) is 0.818. The second-order valence-corrected chi connectivity index (χ2v) is 3.75. The molecule has 0 N–H and O–H groups in total. The largest absolute Gasteiger partial charge is 0.0857 e. The Balaban J connectivity index is 3.42. The first-order valence-electron chi connectivity index (χ1n) is 4.85. The topological polar surface area (TPSA) is 0 Å². The summed E-state index contributed by atoms with van der Waals surface area (Å²) in [6, 6.07) is 0. The van der Waals surface area contributed by atoms with E-state index in [0.29, 0.717) is 5.92 Å². The fourth-order valence-electron chi connectivity index (χ4n) is 1.03. The molecule has 0 amide bonds. The summed E-state index contributed by atoms with van der Waals surface area (Å²) in [4.78, 5) is 0. The first kappa shape index (κ1) is 10.7. The molecule has 1 atom stereocenters. The molecule has 11 heavy (non-hydrogen) atoms. The van der Waals surface area contributed by atoms with E-state index in [2.05, 4.69) is 39.8 Å². The fourth-order valence-corrected chi connectivity index (χ4v) is 1.03. The quantitative estimate of drug-likeness (QED) is 0.524. The predicted octanol–water partition coefficient (Wildman–Crippen LogP) is 4.02. The normalized spacial score (nSPS) is 14.6. The van der Waals surface area contributed by atoms with Crippen molar-refractivity contribution in [3.63, 3.8) is 0 Å². The molecule has 0 aromatic heterocycles. The number of hydrogen-bond donors (Lipinski definition) is 0. The van der Waals surface area contributed by atoms with Crippen molar-refractivity contribution in [2.45, 2.75) is 47.0 Å².